The monoisotopic (exact) mass is 300 g/mol. The van der Waals surface area contributed by atoms with Crippen LogP contribution in [0.2, 0.25) is 0 Å². The fourth-order valence-electron chi connectivity index (χ4n) is 2.50. The summed E-state index contributed by atoms with van der Waals surface area (Å²) in [4.78, 5) is 13.5. The Bertz CT molecular complexity index is 673. The second-order valence-corrected chi connectivity index (χ2v) is 5.38. The molecule has 1 fully saturated rings. The van der Waals surface area contributed by atoms with Gasteiger partial charge in [-0.05, 0) is 42.0 Å². The van der Waals surface area contributed by atoms with Gasteiger partial charge in [-0.25, -0.2) is 4.39 Å². The van der Waals surface area contributed by atoms with E-state index >= 15 is 0 Å². The lowest BCUT2D eigenvalue weighted by Gasteiger charge is -2.16. The molecule has 1 saturated heterocycles. The minimum absolute atomic E-state index is 0.0425. The predicted molar refractivity (Wildman–Crippen MR) is 82.1 cm³/mol. The highest BCUT2D eigenvalue weighted by Gasteiger charge is 2.27. The highest BCUT2D eigenvalue weighted by atomic mass is 19.1. The Labute approximate surface area is 128 Å². The van der Waals surface area contributed by atoms with E-state index in [1.165, 1.54) is 12.1 Å². The molecule has 22 heavy (non-hydrogen) atoms. The van der Waals surface area contributed by atoms with Crippen LogP contribution in [0.15, 0.2) is 48.5 Å². The van der Waals surface area contributed by atoms with Crippen LogP contribution in [0, 0.1) is 5.82 Å². The third kappa shape index (κ3) is 3.26. The average Bonchev–Trinajstić information content (AvgIpc) is 2.84. The maximum Gasteiger partial charge on any atom is 0.228 e. The van der Waals surface area contributed by atoms with Crippen molar-refractivity contribution in [1.82, 2.24) is 0 Å². The highest BCUT2D eigenvalue weighted by molar-refractivity contribution is 5.96. The number of nitrogens with zero attached hydrogens (tertiary/aromatic N) is 1. The minimum atomic E-state index is -0.277. The third-order valence-electron chi connectivity index (χ3n) is 3.60. The Morgan fingerprint density at radius 1 is 1.23 bits per heavy atom. The first-order valence-electron chi connectivity index (χ1n) is 7.15. The fraction of sp³-hybridized carbons (Fsp3) is 0.235. The lowest BCUT2D eigenvalue weighted by molar-refractivity contribution is -0.117. The molecule has 0 spiro atoms. The quantitative estimate of drug-likeness (QED) is 0.943. The first-order chi connectivity index (χ1) is 10.6. The maximum atomic E-state index is 13.1. The number of amides is 1. The van der Waals surface area contributed by atoms with Crippen LogP contribution in [0.1, 0.15) is 12.0 Å². The Hall–Kier alpha value is -2.40. The number of hydrogen-bond donors (Lipinski definition) is 1. The van der Waals surface area contributed by atoms with Crippen LogP contribution >= 0.6 is 0 Å². The molecule has 1 aliphatic rings. The number of nitrogens with two attached hydrogens (primary N) is 1. The third-order valence-corrected chi connectivity index (χ3v) is 3.60. The van der Waals surface area contributed by atoms with Crippen molar-refractivity contribution in [2.24, 2.45) is 5.73 Å². The van der Waals surface area contributed by atoms with E-state index in [0.717, 1.165) is 11.3 Å². The van der Waals surface area contributed by atoms with Gasteiger partial charge in [0.1, 0.15) is 18.2 Å². The van der Waals surface area contributed by atoms with Crippen molar-refractivity contribution in [3.63, 3.8) is 0 Å². The number of benzene rings is 2. The van der Waals surface area contributed by atoms with Crippen LogP contribution in [0.25, 0.3) is 0 Å². The second-order valence-electron chi connectivity index (χ2n) is 5.38. The highest BCUT2D eigenvalue weighted by Crippen LogP contribution is 2.24. The Morgan fingerprint density at radius 3 is 2.64 bits per heavy atom. The summed E-state index contributed by atoms with van der Waals surface area (Å²) in [5.74, 6) is 0.435. The van der Waals surface area contributed by atoms with Crippen molar-refractivity contribution in [1.29, 1.82) is 0 Å². The number of ether oxygens (including phenoxy) is 1. The van der Waals surface area contributed by atoms with Gasteiger partial charge in [0.05, 0.1) is 0 Å². The Balaban J connectivity index is 1.63. The molecule has 0 saturated carbocycles. The molecule has 1 amide bonds. The van der Waals surface area contributed by atoms with Gasteiger partial charge in [-0.15, -0.1) is 0 Å². The Morgan fingerprint density at radius 2 is 2.00 bits per heavy atom. The molecule has 3 rings (SSSR count). The van der Waals surface area contributed by atoms with Crippen molar-refractivity contribution >= 4 is 11.6 Å². The van der Waals surface area contributed by atoms with E-state index in [0.29, 0.717) is 25.3 Å². The zero-order valence-electron chi connectivity index (χ0n) is 12.0. The molecule has 0 unspecified atom stereocenters. The van der Waals surface area contributed by atoms with Crippen LogP contribution in [0.4, 0.5) is 10.1 Å². The predicted octanol–water partition coefficient (Wildman–Crippen LogP) is 2.47. The number of carbonyl (C=O) groups is 1. The van der Waals surface area contributed by atoms with E-state index in [9.17, 15) is 9.18 Å². The summed E-state index contributed by atoms with van der Waals surface area (Å²) in [6.07, 6.45) is 0.387. The van der Waals surface area contributed by atoms with E-state index in [1.54, 1.807) is 23.1 Å². The molecule has 114 valence electrons. The molecule has 5 heteroatoms. The SMILES string of the molecule is N[C@@H]1CC(=O)N(c2ccc(OCc3cccc(F)c3)cc2)C1. The van der Waals surface area contributed by atoms with Crippen LogP contribution in [0.3, 0.4) is 0 Å². The Kier molecular flexibility index (Phi) is 4.06. The number of carbonyl (C=O) groups excluding carboxylic acids is 1. The van der Waals surface area contributed by atoms with Crippen LogP contribution in [0.5, 0.6) is 5.75 Å². The number of hydrogen-bond acceptors (Lipinski definition) is 3. The number of anilines is 1. The molecule has 2 aromatic carbocycles. The zero-order valence-corrected chi connectivity index (χ0v) is 12.0. The van der Waals surface area contributed by atoms with Gasteiger partial charge in [0, 0.05) is 24.7 Å². The van der Waals surface area contributed by atoms with Crippen LogP contribution < -0.4 is 15.4 Å². The van der Waals surface area contributed by atoms with Gasteiger partial charge in [0.25, 0.3) is 0 Å². The second kappa shape index (κ2) is 6.15. The molecule has 0 aromatic heterocycles. The van der Waals surface area contributed by atoms with E-state index < -0.39 is 0 Å². The summed E-state index contributed by atoms with van der Waals surface area (Å²) in [5.41, 5.74) is 7.37. The first-order valence-corrected chi connectivity index (χ1v) is 7.15. The standard InChI is InChI=1S/C17H17FN2O2/c18-13-3-1-2-12(8-13)11-22-16-6-4-15(5-7-16)20-10-14(19)9-17(20)21/h1-8,14H,9-11,19H2/t14-/m1/s1. The molecular formula is C17H17FN2O2. The summed E-state index contributed by atoms with van der Waals surface area (Å²) < 4.78 is 18.7. The van der Waals surface area contributed by atoms with Gasteiger partial charge < -0.3 is 15.4 Å². The van der Waals surface area contributed by atoms with Gasteiger partial charge in [0.15, 0.2) is 0 Å². The van der Waals surface area contributed by atoms with Gasteiger partial charge in [0.2, 0.25) is 5.91 Å². The van der Waals surface area contributed by atoms with Crippen molar-refractivity contribution in [3.05, 3.63) is 59.9 Å². The molecule has 0 bridgehead atoms. The summed E-state index contributed by atoms with van der Waals surface area (Å²) in [6.45, 7) is 0.840. The molecule has 0 aliphatic carbocycles. The van der Waals surface area contributed by atoms with E-state index in [-0.39, 0.29) is 17.8 Å². The minimum Gasteiger partial charge on any atom is -0.489 e. The van der Waals surface area contributed by atoms with E-state index in [4.69, 9.17) is 10.5 Å². The first kappa shape index (κ1) is 14.5. The maximum absolute atomic E-state index is 13.1. The molecule has 1 aliphatic heterocycles. The molecule has 4 nitrogen and oxygen atoms in total. The lowest BCUT2D eigenvalue weighted by atomic mass is 10.2. The fourth-order valence-corrected chi connectivity index (χ4v) is 2.50. The van der Waals surface area contributed by atoms with Crippen molar-refractivity contribution in [3.8, 4) is 5.75 Å². The normalized spacial score (nSPS) is 17.8. The van der Waals surface area contributed by atoms with Crippen molar-refractivity contribution in [2.75, 3.05) is 11.4 Å². The molecular weight excluding hydrogens is 283 g/mol. The number of halogens is 1. The van der Waals surface area contributed by atoms with E-state index in [2.05, 4.69) is 0 Å². The largest absolute Gasteiger partial charge is 0.489 e. The molecule has 0 radical (unpaired) electrons. The molecule has 2 aromatic rings. The lowest BCUT2D eigenvalue weighted by Crippen LogP contribution is -2.27. The van der Waals surface area contributed by atoms with Gasteiger partial charge >= 0.3 is 0 Å². The van der Waals surface area contributed by atoms with Crippen molar-refractivity contribution in [2.45, 2.75) is 19.1 Å². The summed E-state index contributed by atoms with van der Waals surface area (Å²) in [6, 6.07) is 13.5. The van der Waals surface area contributed by atoms with Crippen LogP contribution in [-0.2, 0) is 11.4 Å². The van der Waals surface area contributed by atoms with Gasteiger partial charge in [-0.2, -0.15) is 0 Å². The summed E-state index contributed by atoms with van der Waals surface area (Å²) in [7, 11) is 0. The number of rotatable bonds is 4. The van der Waals surface area contributed by atoms with Gasteiger partial charge in [-0.3, -0.25) is 4.79 Å². The van der Waals surface area contributed by atoms with E-state index in [1.807, 2.05) is 18.2 Å². The summed E-state index contributed by atoms with van der Waals surface area (Å²) >= 11 is 0. The average molecular weight is 300 g/mol. The molecule has 1 heterocycles. The topological polar surface area (TPSA) is 55.6 Å². The smallest absolute Gasteiger partial charge is 0.228 e. The molecule has 2 N–H and O–H groups in total. The van der Waals surface area contributed by atoms with Crippen molar-refractivity contribution < 1.29 is 13.9 Å². The van der Waals surface area contributed by atoms with Crippen LogP contribution in [-0.4, -0.2) is 18.5 Å². The zero-order chi connectivity index (χ0) is 15.5. The molecule has 1 atom stereocenters. The van der Waals surface area contributed by atoms with Gasteiger partial charge in [-0.1, -0.05) is 12.1 Å². The summed E-state index contributed by atoms with van der Waals surface area (Å²) in [5, 5.41) is 0.